The maximum Gasteiger partial charge on any atom is 0.165 e. The highest BCUT2D eigenvalue weighted by Crippen LogP contribution is 2.30. The molecule has 140 valence electrons. The topological polar surface area (TPSA) is 35.9 Å². The second-order valence-electron chi connectivity index (χ2n) is 6.08. The normalized spacial score (nSPS) is 10.3. The molecule has 1 N–H and O–H groups in total. The molecule has 0 heterocycles. The molecule has 0 atom stereocenters. The lowest BCUT2D eigenvalue weighted by atomic mass is 10.2. The Morgan fingerprint density at radius 3 is 2.20 bits per heavy atom. The summed E-state index contributed by atoms with van der Waals surface area (Å²) >= 11 is 0. The van der Waals surface area contributed by atoms with E-state index in [1.165, 1.54) is 5.56 Å². The van der Waals surface area contributed by atoms with Gasteiger partial charge >= 0.3 is 0 Å². The zero-order valence-corrected chi connectivity index (χ0v) is 16.6. The number of aromatic hydroxyl groups is 1. The summed E-state index contributed by atoms with van der Waals surface area (Å²) in [5, 5.41) is 10.0. The minimum atomic E-state index is 0. The van der Waals surface area contributed by atoms with Crippen LogP contribution in [0.2, 0.25) is 0 Å². The van der Waals surface area contributed by atoms with Crippen molar-refractivity contribution >= 4 is 24.8 Å². The summed E-state index contributed by atoms with van der Waals surface area (Å²) in [4.78, 5) is 4.27. The van der Waals surface area contributed by atoms with Crippen molar-refractivity contribution in [2.24, 2.45) is 0 Å². The Labute approximate surface area is 163 Å². The zero-order valence-electron chi connectivity index (χ0n) is 15.0. The molecule has 0 amide bonds. The van der Waals surface area contributed by atoms with E-state index < -0.39 is 0 Å². The Morgan fingerprint density at radius 2 is 1.56 bits per heavy atom. The standard InChI is InChI=1S/C19H26N2O2.2ClH/c1-20(2)15-17-10-7-11-18(22)19(17)23-13-12-21(3)14-16-8-5-4-6-9-16;;/h4-11,22H,12-15H2,1-3H3;2*1H. The first kappa shape index (κ1) is 23.5. The van der Waals surface area contributed by atoms with Crippen LogP contribution in [0.1, 0.15) is 11.1 Å². The van der Waals surface area contributed by atoms with Gasteiger partial charge in [-0.05, 0) is 32.8 Å². The molecule has 0 radical (unpaired) electrons. The first-order valence-electron chi connectivity index (χ1n) is 7.87. The van der Waals surface area contributed by atoms with Crippen molar-refractivity contribution < 1.29 is 9.84 Å². The summed E-state index contributed by atoms with van der Waals surface area (Å²) in [5.74, 6) is 0.796. The third-order valence-electron chi connectivity index (χ3n) is 3.58. The Kier molecular flexibility index (Phi) is 11.3. The van der Waals surface area contributed by atoms with Gasteiger partial charge in [0.2, 0.25) is 0 Å². The van der Waals surface area contributed by atoms with Crippen LogP contribution in [-0.4, -0.2) is 49.2 Å². The number of ether oxygens (including phenoxy) is 1. The second kappa shape index (κ2) is 12.0. The lowest BCUT2D eigenvalue weighted by molar-refractivity contribution is 0.223. The Hall–Kier alpha value is -1.46. The van der Waals surface area contributed by atoms with E-state index >= 15 is 0 Å². The number of phenolic OH excluding ortho intramolecular Hbond substituents is 1. The average molecular weight is 387 g/mol. The molecule has 0 aromatic heterocycles. The van der Waals surface area contributed by atoms with Gasteiger partial charge in [-0.2, -0.15) is 0 Å². The SMILES string of the molecule is CN(C)Cc1cccc(O)c1OCCN(C)Cc1ccccc1.Cl.Cl. The van der Waals surface area contributed by atoms with Crippen LogP contribution in [0.15, 0.2) is 48.5 Å². The van der Waals surface area contributed by atoms with Gasteiger partial charge in [0.15, 0.2) is 11.5 Å². The molecule has 0 bridgehead atoms. The number of hydrogen-bond donors (Lipinski definition) is 1. The van der Waals surface area contributed by atoms with Gasteiger partial charge in [-0.25, -0.2) is 0 Å². The fraction of sp³-hybridized carbons (Fsp3) is 0.368. The van der Waals surface area contributed by atoms with E-state index in [0.717, 1.165) is 25.2 Å². The van der Waals surface area contributed by atoms with Crippen LogP contribution in [0.25, 0.3) is 0 Å². The van der Waals surface area contributed by atoms with Crippen LogP contribution in [0, 0.1) is 0 Å². The second-order valence-corrected chi connectivity index (χ2v) is 6.08. The summed E-state index contributed by atoms with van der Waals surface area (Å²) < 4.78 is 5.86. The number of nitrogens with zero attached hydrogens (tertiary/aromatic N) is 2. The molecule has 2 aromatic rings. The molecular weight excluding hydrogens is 359 g/mol. The number of hydrogen-bond acceptors (Lipinski definition) is 4. The predicted octanol–water partition coefficient (Wildman–Crippen LogP) is 3.81. The van der Waals surface area contributed by atoms with Gasteiger partial charge in [0.1, 0.15) is 6.61 Å². The highest BCUT2D eigenvalue weighted by Gasteiger charge is 2.10. The molecule has 0 aliphatic carbocycles. The molecule has 0 spiro atoms. The highest BCUT2D eigenvalue weighted by atomic mass is 35.5. The molecule has 2 aromatic carbocycles. The zero-order chi connectivity index (χ0) is 16.7. The average Bonchev–Trinajstić information content (AvgIpc) is 2.50. The van der Waals surface area contributed by atoms with Crippen LogP contribution >= 0.6 is 24.8 Å². The van der Waals surface area contributed by atoms with Crippen molar-refractivity contribution in [1.82, 2.24) is 9.80 Å². The smallest absolute Gasteiger partial charge is 0.165 e. The van der Waals surface area contributed by atoms with Crippen molar-refractivity contribution in [3.63, 3.8) is 0 Å². The summed E-state index contributed by atoms with van der Waals surface area (Å²) in [5.41, 5.74) is 2.28. The molecular formula is C19H28Cl2N2O2. The number of rotatable bonds is 8. The van der Waals surface area contributed by atoms with Crippen molar-refractivity contribution in [2.75, 3.05) is 34.3 Å². The number of benzene rings is 2. The molecule has 0 aliphatic rings. The van der Waals surface area contributed by atoms with E-state index in [1.54, 1.807) is 6.07 Å². The molecule has 0 saturated carbocycles. The van der Waals surface area contributed by atoms with Crippen molar-refractivity contribution in [2.45, 2.75) is 13.1 Å². The Morgan fingerprint density at radius 1 is 0.880 bits per heavy atom. The van der Waals surface area contributed by atoms with Gasteiger partial charge < -0.3 is 14.7 Å². The Bertz CT molecular complexity index is 610. The maximum atomic E-state index is 10.0. The summed E-state index contributed by atoms with van der Waals surface area (Å²) in [7, 11) is 6.07. The predicted molar refractivity (Wildman–Crippen MR) is 108 cm³/mol. The third-order valence-corrected chi connectivity index (χ3v) is 3.58. The fourth-order valence-electron chi connectivity index (χ4n) is 2.48. The first-order valence-corrected chi connectivity index (χ1v) is 7.87. The van der Waals surface area contributed by atoms with Crippen molar-refractivity contribution in [3.05, 3.63) is 59.7 Å². The summed E-state index contributed by atoms with van der Waals surface area (Å²) in [6.07, 6.45) is 0. The van der Waals surface area contributed by atoms with Crippen LogP contribution < -0.4 is 4.74 Å². The van der Waals surface area contributed by atoms with E-state index in [0.29, 0.717) is 12.4 Å². The van der Waals surface area contributed by atoms with Crippen LogP contribution in [0.5, 0.6) is 11.5 Å². The monoisotopic (exact) mass is 386 g/mol. The number of phenols is 1. The fourth-order valence-corrected chi connectivity index (χ4v) is 2.48. The molecule has 0 unspecified atom stereocenters. The number of likely N-dealkylation sites (N-methyl/N-ethyl adjacent to an activating group) is 1. The van der Waals surface area contributed by atoms with Gasteiger partial charge in [0.05, 0.1) is 0 Å². The molecule has 2 rings (SSSR count). The Balaban J connectivity index is 0.00000288. The minimum Gasteiger partial charge on any atom is -0.504 e. The molecule has 6 heteroatoms. The van der Waals surface area contributed by atoms with Crippen LogP contribution in [0.4, 0.5) is 0 Å². The van der Waals surface area contributed by atoms with E-state index in [1.807, 2.05) is 32.3 Å². The summed E-state index contributed by atoms with van der Waals surface area (Å²) in [6, 6.07) is 15.9. The van der Waals surface area contributed by atoms with Crippen LogP contribution in [-0.2, 0) is 13.1 Å². The maximum absolute atomic E-state index is 10.0. The molecule has 0 saturated heterocycles. The van der Waals surface area contributed by atoms with Crippen LogP contribution in [0.3, 0.4) is 0 Å². The van der Waals surface area contributed by atoms with Gasteiger partial charge in [-0.15, -0.1) is 24.8 Å². The number of halogens is 2. The van der Waals surface area contributed by atoms with E-state index in [2.05, 4.69) is 41.1 Å². The van der Waals surface area contributed by atoms with Crippen molar-refractivity contribution in [3.8, 4) is 11.5 Å². The molecule has 0 aliphatic heterocycles. The van der Waals surface area contributed by atoms with E-state index in [-0.39, 0.29) is 30.6 Å². The highest BCUT2D eigenvalue weighted by molar-refractivity contribution is 5.85. The number of para-hydroxylation sites is 1. The van der Waals surface area contributed by atoms with Gasteiger partial charge in [-0.1, -0.05) is 42.5 Å². The molecule has 4 nitrogen and oxygen atoms in total. The molecule has 25 heavy (non-hydrogen) atoms. The lowest BCUT2D eigenvalue weighted by Gasteiger charge is -2.19. The largest absolute Gasteiger partial charge is 0.504 e. The summed E-state index contributed by atoms with van der Waals surface area (Å²) in [6.45, 7) is 2.96. The lowest BCUT2D eigenvalue weighted by Crippen LogP contribution is -2.24. The van der Waals surface area contributed by atoms with E-state index in [9.17, 15) is 5.11 Å². The van der Waals surface area contributed by atoms with Crippen molar-refractivity contribution in [1.29, 1.82) is 0 Å². The van der Waals surface area contributed by atoms with Gasteiger partial charge in [0.25, 0.3) is 0 Å². The quantitative estimate of drug-likeness (QED) is 0.747. The third kappa shape index (κ3) is 7.97. The minimum absolute atomic E-state index is 0. The molecule has 0 fully saturated rings. The van der Waals surface area contributed by atoms with Gasteiger partial charge in [0, 0.05) is 25.2 Å². The van der Waals surface area contributed by atoms with E-state index in [4.69, 9.17) is 4.74 Å². The first-order chi connectivity index (χ1) is 11.1. The van der Waals surface area contributed by atoms with Gasteiger partial charge in [-0.3, -0.25) is 4.90 Å².